The number of rotatable bonds is 5. The van der Waals surface area contributed by atoms with E-state index in [-0.39, 0.29) is 5.91 Å². The van der Waals surface area contributed by atoms with Crippen molar-refractivity contribution in [1.82, 2.24) is 9.97 Å². The van der Waals surface area contributed by atoms with Crippen LogP contribution in [-0.2, 0) is 0 Å². The summed E-state index contributed by atoms with van der Waals surface area (Å²) in [6.45, 7) is 11.6. The Balaban J connectivity index is 2.30. The minimum absolute atomic E-state index is 0.211. The van der Waals surface area contributed by atoms with Crippen molar-refractivity contribution in [1.29, 1.82) is 0 Å². The molecule has 0 aliphatic rings. The Morgan fingerprint density at radius 1 is 1.13 bits per heavy atom. The lowest BCUT2D eigenvalue weighted by Crippen LogP contribution is -2.26. The minimum Gasteiger partial charge on any atom is -0.341 e. The van der Waals surface area contributed by atoms with Crippen molar-refractivity contribution in [3.63, 3.8) is 0 Å². The van der Waals surface area contributed by atoms with Crippen molar-refractivity contribution in [2.45, 2.75) is 34.6 Å². The summed E-state index contributed by atoms with van der Waals surface area (Å²) in [5, 5.41) is 2.95. The van der Waals surface area contributed by atoms with Crippen LogP contribution in [0.4, 0.5) is 11.6 Å². The van der Waals surface area contributed by atoms with E-state index in [4.69, 9.17) is 0 Å². The van der Waals surface area contributed by atoms with E-state index in [2.05, 4.69) is 15.3 Å². The molecule has 0 fully saturated rings. The van der Waals surface area contributed by atoms with Gasteiger partial charge in [0.15, 0.2) is 0 Å². The van der Waals surface area contributed by atoms with E-state index < -0.39 is 0 Å². The molecule has 1 aromatic heterocycles. The van der Waals surface area contributed by atoms with Crippen molar-refractivity contribution in [2.24, 2.45) is 0 Å². The summed E-state index contributed by atoms with van der Waals surface area (Å²) in [6.07, 6.45) is 0. The molecule has 0 radical (unpaired) electrons. The number of anilines is 2. The second-order valence-corrected chi connectivity index (χ2v) is 5.57. The quantitative estimate of drug-likeness (QED) is 0.918. The number of nitrogens with one attached hydrogen (secondary N) is 1. The first-order valence-corrected chi connectivity index (χ1v) is 7.94. The molecule has 0 unspecified atom stereocenters. The second-order valence-electron chi connectivity index (χ2n) is 5.57. The Labute approximate surface area is 137 Å². The predicted octanol–water partition coefficient (Wildman–Crippen LogP) is 3.50. The van der Waals surface area contributed by atoms with Crippen LogP contribution in [0.3, 0.4) is 0 Å². The normalized spacial score (nSPS) is 10.5. The van der Waals surface area contributed by atoms with E-state index in [1.807, 2.05) is 57.7 Å². The first-order chi connectivity index (χ1) is 11.0. The maximum Gasteiger partial charge on any atom is 0.274 e. The first kappa shape index (κ1) is 16.9. The molecular formula is C18H24N4O. The monoisotopic (exact) mass is 312 g/mol. The lowest BCUT2D eigenvalue weighted by atomic mass is 10.1. The second kappa shape index (κ2) is 7.22. The van der Waals surface area contributed by atoms with Crippen LogP contribution < -0.4 is 10.2 Å². The Bertz CT molecular complexity index is 708. The highest BCUT2D eigenvalue weighted by Crippen LogP contribution is 2.19. The van der Waals surface area contributed by atoms with E-state index in [1.54, 1.807) is 6.07 Å². The van der Waals surface area contributed by atoms with E-state index in [1.165, 1.54) is 0 Å². The molecule has 0 bridgehead atoms. The first-order valence-electron chi connectivity index (χ1n) is 7.94. The average molecular weight is 312 g/mol. The van der Waals surface area contributed by atoms with Gasteiger partial charge >= 0.3 is 0 Å². The zero-order valence-electron chi connectivity index (χ0n) is 14.5. The molecule has 0 aliphatic carbocycles. The van der Waals surface area contributed by atoms with Gasteiger partial charge in [-0.3, -0.25) is 4.79 Å². The third-order valence-corrected chi connectivity index (χ3v) is 3.97. The summed E-state index contributed by atoms with van der Waals surface area (Å²) in [4.78, 5) is 23.4. The largest absolute Gasteiger partial charge is 0.341 e. The number of nitrogens with zero attached hydrogens (tertiary/aromatic N) is 3. The van der Waals surface area contributed by atoms with Crippen LogP contribution in [0.25, 0.3) is 0 Å². The molecule has 0 aliphatic heterocycles. The average Bonchev–Trinajstić information content (AvgIpc) is 2.52. The Kier molecular flexibility index (Phi) is 5.32. The number of aromatic nitrogens is 2. The van der Waals surface area contributed by atoms with Gasteiger partial charge in [-0.15, -0.1) is 0 Å². The number of amides is 1. The Morgan fingerprint density at radius 2 is 1.83 bits per heavy atom. The highest BCUT2D eigenvalue weighted by atomic mass is 16.1. The van der Waals surface area contributed by atoms with Gasteiger partial charge < -0.3 is 10.2 Å². The maximum atomic E-state index is 12.6. The zero-order chi connectivity index (χ0) is 17.0. The fraction of sp³-hybridized carbons (Fsp3) is 0.389. The molecule has 1 N–H and O–H groups in total. The van der Waals surface area contributed by atoms with Crippen molar-refractivity contribution >= 4 is 17.5 Å². The standard InChI is InChI=1S/C18H24N4O/c1-6-22(7-2)18-19-13(4)11-16(21-18)17(23)20-15-10-8-9-12(3)14(15)5/h8-11H,6-7H2,1-5H3,(H,20,23). The molecule has 1 heterocycles. The van der Waals surface area contributed by atoms with E-state index in [0.29, 0.717) is 11.6 Å². The van der Waals surface area contributed by atoms with Gasteiger partial charge in [-0.05, 0) is 57.9 Å². The number of aryl methyl sites for hydroxylation is 2. The molecule has 2 aromatic rings. The summed E-state index contributed by atoms with van der Waals surface area (Å²) in [6, 6.07) is 7.58. The third kappa shape index (κ3) is 3.86. The smallest absolute Gasteiger partial charge is 0.274 e. The van der Waals surface area contributed by atoms with Crippen molar-refractivity contribution < 1.29 is 4.79 Å². The molecule has 0 spiro atoms. The summed E-state index contributed by atoms with van der Waals surface area (Å²) in [5.41, 5.74) is 4.20. The molecule has 5 nitrogen and oxygen atoms in total. The van der Waals surface area contributed by atoms with Crippen molar-refractivity contribution in [2.75, 3.05) is 23.3 Å². The summed E-state index contributed by atoms with van der Waals surface area (Å²) < 4.78 is 0. The molecule has 1 amide bonds. The molecule has 2 rings (SSSR count). The van der Waals surface area contributed by atoms with Gasteiger partial charge in [-0.1, -0.05) is 12.1 Å². The molecular weight excluding hydrogens is 288 g/mol. The number of carbonyl (C=O) groups is 1. The van der Waals surface area contributed by atoms with Gasteiger partial charge in [-0.25, -0.2) is 9.97 Å². The molecule has 0 saturated carbocycles. The van der Waals surface area contributed by atoms with Crippen LogP contribution in [0.5, 0.6) is 0 Å². The number of benzene rings is 1. The topological polar surface area (TPSA) is 58.1 Å². The van der Waals surface area contributed by atoms with E-state index in [9.17, 15) is 4.79 Å². The van der Waals surface area contributed by atoms with Gasteiger partial charge in [0.25, 0.3) is 5.91 Å². The molecule has 0 atom stereocenters. The number of hydrogen-bond donors (Lipinski definition) is 1. The molecule has 23 heavy (non-hydrogen) atoms. The van der Waals surface area contributed by atoms with E-state index in [0.717, 1.165) is 35.6 Å². The van der Waals surface area contributed by atoms with Crippen LogP contribution in [-0.4, -0.2) is 29.0 Å². The molecule has 1 aromatic carbocycles. The number of hydrogen-bond acceptors (Lipinski definition) is 4. The highest BCUT2D eigenvalue weighted by molar-refractivity contribution is 6.03. The summed E-state index contributed by atoms with van der Waals surface area (Å²) in [5.74, 6) is 0.388. The van der Waals surface area contributed by atoms with Crippen LogP contribution in [0.1, 0.15) is 41.2 Å². The van der Waals surface area contributed by atoms with Gasteiger partial charge in [0.2, 0.25) is 5.95 Å². The van der Waals surface area contributed by atoms with Gasteiger partial charge in [0, 0.05) is 24.5 Å². The number of carbonyl (C=O) groups excluding carboxylic acids is 1. The Hall–Kier alpha value is -2.43. The Morgan fingerprint density at radius 3 is 2.48 bits per heavy atom. The maximum absolute atomic E-state index is 12.6. The predicted molar refractivity (Wildman–Crippen MR) is 94.2 cm³/mol. The van der Waals surface area contributed by atoms with Crippen LogP contribution in [0.2, 0.25) is 0 Å². The van der Waals surface area contributed by atoms with Crippen LogP contribution >= 0.6 is 0 Å². The van der Waals surface area contributed by atoms with Crippen molar-refractivity contribution in [3.05, 3.63) is 46.8 Å². The zero-order valence-corrected chi connectivity index (χ0v) is 14.5. The van der Waals surface area contributed by atoms with Gasteiger partial charge in [-0.2, -0.15) is 0 Å². The highest BCUT2D eigenvalue weighted by Gasteiger charge is 2.14. The van der Waals surface area contributed by atoms with Gasteiger partial charge in [0.1, 0.15) is 5.69 Å². The fourth-order valence-corrected chi connectivity index (χ4v) is 2.39. The SMILES string of the molecule is CCN(CC)c1nc(C)cc(C(=O)Nc2cccc(C)c2C)n1. The summed E-state index contributed by atoms with van der Waals surface area (Å²) in [7, 11) is 0. The lowest BCUT2D eigenvalue weighted by molar-refractivity contribution is 0.102. The molecule has 122 valence electrons. The van der Waals surface area contributed by atoms with E-state index >= 15 is 0 Å². The lowest BCUT2D eigenvalue weighted by Gasteiger charge is -2.19. The minimum atomic E-state index is -0.211. The van der Waals surface area contributed by atoms with Crippen molar-refractivity contribution in [3.8, 4) is 0 Å². The van der Waals surface area contributed by atoms with Crippen LogP contribution in [0.15, 0.2) is 24.3 Å². The molecule has 5 heteroatoms. The summed E-state index contributed by atoms with van der Waals surface area (Å²) >= 11 is 0. The van der Waals surface area contributed by atoms with Gasteiger partial charge in [0.05, 0.1) is 0 Å². The fourth-order valence-electron chi connectivity index (χ4n) is 2.39. The van der Waals surface area contributed by atoms with Crippen LogP contribution in [0, 0.1) is 20.8 Å². The third-order valence-electron chi connectivity index (χ3n) is 3.97. The molecule has 0 saturated heterocycles.